The number of ether oxygens (including phenoxy) is 1. The Morgan fingerprint density at radius 2 is 2.05 bits per heavy atom. The first-order chi connectivity index (χ1) is 10.5. The average molecular weight is 319 g/mol. The Balaban J connectivity index is 1.53. The van der Waals surface area contributed by atoms with Gasteiger partial charge in [0.1, 0.15) is 0 Å². The van der Waals surface area contributed by atoms with Crippen LogP contribution in [0.3, 0.4) is 0 Å². The SMILES string of the molecule is Cc1ccc(S(=O)(=O)N2CC=C([C@]34CCOC[C@H]3C4)C2)cc1. The second kappa shape index (κ2) is 4.91. The average Bonchev–Trinajstić information content (AvgIpc) is 3.04. The monoisotopic (exact) mass is 319 g/mol. The van der Waals surface area contributed by atoms with Crippen molar-refractivity contribution in [3.63, 3.8) is 0 Å². The molecular weight excluding hydrogens is 298 g/mol. The maximum atomic E-state index is 12.8. The Hall–Kier alpha value is -1.17. The van der Waals surface area contributed by atoms with Gasteiger partial charge < -0.3 is 4.74 Å². The molecule has 0 amide bonds. The summed E-state index contributed by atoms with van der Waals surface area (Å²) in [4.78, 5) is 0.393. The van der Waals surface area contributed by atoms with Gasteiger partial charge in [0.15, 0.2) is 0 Å². The molecule has 4 nitrogen and oxygen atoms in total. The molecule has 118 valence electrons. The molecule has 0 radical (unpaired) electrons. The van der Waals surface area contributed by atoms with Crippen molar-refractivity contribution in [2.45, 2.75) is 24.7 Å². The molecule has 5 heteroatoms. The van der Waals surface area contributed by atoms with Crippen molar-refractivity contribution in [3.05, 3.63) is 41.5 Å². The van der Waals surface area contributed by atoms with Gasteiger partial charge in [0.25, 0.3) is 0 Å². The van der Waals surface area contributed by atoms with E-state index in [0.29, 0.717) is 23.9 Å². The van der Waals surface area contributed by atoms with Crippen LogP contribution < -0.4 is 0 Å². The Labute approximate surface area is 131 Å². The Morgan fingerprint density at radius 1 is 1.27 bits per heavy atom. The van der Waals surface area contributed by atoms with E-state index in [2.05, 4.69) is 6.08 Å². The first-order valence-corrected chi connectivity index (χ1v) is 9.30. The standard InChI is InChI=1S/C17H21NO3S/c1-13-2-4-16(5-3-13)22(19,20)18-8-6-14(11-18)17-7-9-21-12-15(17)10-17/h2-6,15H,7-12H2,1H3/t15-,17-/m1/s1. The van der Waals surface area contributed by atoms with Gasteiger partial charge in [-0.3, -0.25) is 0 Å². The number of hydrogen-bond acceptors (Lipinski definition) is 3. The quantitative estimate of drug-likeness (QED) is 0.804. The fourth-order valence-corrected chi connectivity index (χ4v) is 5.23. The van der Waals surface area contributed by atoms with Crippen molar-refractivity contribution in [1.82, 2.24) is 4.31 Å². The zero-order valence-corrected chi connectivity index (χ0v) is 13.6. The number of aryl methyl sites for hydroxylation is 1. The summed E-state index contributed by atoms with van der Waals surface area (Å²) in [7, 11) is -3.39. The van der Waals surface area contributed by atoms with E-state index < -0.39 is 10.0 Å². The summed E-state index contributed by atoms with van der Waals surface area (Å²) in [6.07, 6.45) is 4.34. The van der Waals surface area contributed by atoms with E-state index in [1.807, 2.05) is 19.1 Å². The van der Waals surface area contributed by atoms with Crippen molar-refractivity contribution >= 4 is 10.0 Å². The van der Waals surface area contributed by atoms with E-state index in [9.17, 15) is 8.42 Å². The van der Waals surface area contributed by atoms with Gasteiger partial charge in [-0.05, 0) is 37.8 Å². The van der Waals surface area contributed by atoms with Crippen LogP contribution >= 0.6 is 0 Å². The van der Waals surface area contributed by atoms with E-state index in [1.165, 1.54) is 5.57 Å². The van der Waals surface area contributed by atoms with Gasteiger partial charge in [-0.25, -0.2) is 8.42 Å². The Kier molecular flexibility index (Phi) is 3.22. The van der Waals surface area contributed by atoms with Crippen LogP contribution in [0.2, 0.25) is 0 Å². The number of fused-ring (bicyclic) bond motifs is 1. The molecule has 1 aromatic rings. The summed E-state index contributed by atoms with van der Waals surface area (Å²) < 4.78 is 32.6. The van der Waals surface area contributed by atoms with Crippen LogP contribution in [0.5, 0.6) is 0 Å². The summed E-state index contributed by atoms with van der Waals surface area (Å²) in [5.74, 6) is 0.606. The molecule has 0 bridgehead atoms. The third-order valence-electron chi connectivity index (χ3n) is 5.43. The van der Waals surface area contributed by atoms with E-state index in [-0.39, 0.29) is 5.41 Å². The molecule has 2 atom stereocenters. The number of hydrogen-bond donors (Lipinski definition) is 0. The minimum Gasteiger partial charge on any atom is -0.381 e. The van der Waals surface area contributed by atoms with Crippen LogP contribution in [-0.4, -0.2) is 39.0 Å². The minimum atomic E-state index is -3.39. The molecule has 2 aliphatic heterocycles. The second-order valence-corrected chi connectivity index (χ2v) is 8.66. The molecule has 0 unspecified atom stereocenters. The lowest BCUT2D eigenvalue weighted by Crippen LogP contribution is -2.31. The maximum Gasteiger partial charge on any atom is 0.243 e. The van der Waals surface area contributed by atoms with Crippen molar-refractivity contribution in [2.75, 3.05) is 26.3 Å². The van der Waals surface area contributed by atoms with Crippen LogP contribution in [0.15, 0.2) is 40.8 Å². The van der Waals surface area contributed by atoms with Crippen LogP contribution in [0.4, 0.5) is 0 Å². The first-order valence-electron chi connectivity index (χ1n) is 7.86. The molecule has 0 spiro atoms. The van der Waals surface area contributed by atoms with Crippen LogP contribution in [0.1, 0.15) is 18.4 Å². The van der Waals surface area contributed by atoms with E-state index in [1.54, 1.807) is 16.4 Å². The smallest absolute Gasteiger partial charge is 0.243 e. The summed E-state index contributed by atoms with van der Waals surface area (Å²) in [5, 5.41) is 0. The Bertz CT molecular complexity index is 723. The van der Waals surface area contributed by atoms with Crippen molar-refractivity contribution < 1.29 is 13.2 Å². The second-order valence-electron chi connectivity index (χ2n) is 6.72. The first kappa shape index (κ1) is 14.4. The number of nitrogens with zero attached hydrogens (tertiary/aromatic N) is 1. The van der Waals surface area contributed by atoms with Gasteiger partial charge >= 0.3 is 0 Å². The lowest BCUT2D eigenvalue weighted by atomic mass is 9.89. The number of rotatable bonds is 3. The lowest BCUT2D eigenvalue weighted by Gasteiger charge is -2.25. The molecule has 2 heterocycles. The molecule has 1 saturated carbocycles. The Morgan fingerprint density at radius 3 is 2.77 bits per heavy atom. The predicted molar refractivity (Wildman–Crippen MR) is 84.0 cm³/mol. The molecular formula is C17H21NO3S. The molecule has 2 fully saturated rings. The highest BCUT2D eigenvalue weighted by Crippen LogP contribution is 2.62. The molecule has 1 aromatic carbocycles. The third-order valence-corrected chi connectivity index (χ3v) is 7.26. The molecule has 0 N–H and O–H groups in total. The maximum absolute atomic E-state index is 12.8. The molecule has 22 heavy (non-hydrogen) atoms. The largest absolute Gasteiger partial charge is 0.381 e. The van der Waals surface area contributed by atoms with Crippen LogP contribution in [0.25, 0.3) is 0 Å². The summed E-state index contributed by atoms with van der Waals surface area (Å²) >= 11 is 0. The van der Waals surface area contributed by atoms with E-state index >= 15 is 0 Å². The topological polar surface area (TPSA) is 46.6 Å². The highest BCUT2D eigenvalue weighted by atomic mass is 32.2. The predicted octanol–water partition coefficient (Wildman–Crippen LogP) is 2.35. The van der Waals surface area contributed by atoms with Crippen LogP contribution in [0, 0.1) is 18.3 Å². The lowest BCUT2D eigenvalue weighted by molar-refractivity contribution is 0.0705. The normalized spacial score (nSPS) is 31.7. The van der Waals surface area contributed by atoms with Gasteiger partial charge in [-0.2, -0.15) is 4.31 Å². The fraction of sp³-hybridized carbons (Fsp3) is 0.529. The van der Waals surface area contributed by atoms with Crippen molar-refractivity contribution in [3.8, 4) is 0 Å². The summed E-state index contributed by atoms with van der Waals surface area (Å²) in [6, 6.07) is 7.11. The third kappa shape index (κ3) is 2.14. The molecule has 3 aliphatic rings. The van der Waals surface area contributed by atoms with E-state index in [0.717, 1.165) is 31.6 Å². The highest BCUT2D eigenvalue weighted by Gasteiger charge is 2.58. The van der Waals surface area contributed by atoms with E-state index in [4.69, 9.17) is 4.74 Å². The van der Waals surface area contributed by atoms with Crippen LogP contribution in [-0.2, 0) is 14.8 Å². The summed E-state index contributed by atoms with van der Waals surface area (Å²) in [6.45, 7) is 4.65. The summed E-state index contributed by atoms with van der Waals surface area (Å²) in [5.41, 5.74) is 2.63. The number of sulfonamides is 1. The van der Waals surface area contributed by atoms with Gasteiger partial charge in [0, 0.05) is 25.1 Å². The molecule has 1 saturated heterocycles. The highest BCUT2D eigenvalue weighted by molar-refractivity contribution is 7.89. The van der Waals surface area contributed by atoms with Crippen molar-refractivity contribution in [2.24, 2.45) is 11.3 Å². The molecule has 4 rings (SSSR count). The zero-order valence-electron chi connectivity index (χ0n) is 12.8. The van der Waals surface area contributed by atoms with Gasteiger partial charge in [0.2, 0.25) is 10.0 Å². The number of benzene rings is 1. The van der Waals surface area contributed by atoms with Gasteiger partial charge in [-0.15, -0.1) is 0 Å². The molecule has 1 aliphatic carbocycles. The zero-order chi connectivity index (χ0) is 15.4. The minimum absolute atomic E-state index is 0.246. The fourth-order valence-electron chi connectivity index (χ4n) is 3.87. The van der Waals surface area contributed by atoms with Gasteiger partial charge in [-0.1, -0.05) is 29.3 Å². The van der Waals surface area contributed by atoms with Gasteiger partial charge in [0.05, 0.1) is 11.5 Å². The van der Waals surface area contributed by atoms with Crippen molar-refractivity contribution in [1.29, 1.82) is 0 Å². The molecule has 0 aromatic heterocycles.